The molecule has 0 atom stereocenters. The number of ether oxygens (including phenoxy) is 1. The molecule has 4 nitrogen and oxygen atoms in total. The highest BCUT2D eigenvalue weighted by atomic mass is 16.5. The Balaban J connectivity index is 1.50. The number of rotatable bonds is 5. The van der Waals surface area contributed by atoms with Crippen LogP contribution in [0.3, 0.4) is 0 Å². The normalized spacial score (nSPS) is 15.4. The fourth-order valence-electron chi connectivity index (χ4n) is 3.69. The van der Waals surface area contributed by atoms with E-state index in [2.05, 4.69) is 45.4 Å². The number of aromatic nitrogens is 2. The van der Waals surface area contributed by atoms with E-state index in [-0.39, 0.29) is 0 Å². The van der Waals surface area contributed by atoms with Crippen LogP contribution in [0.1, 0.15) is 37.7 Å². The van der Waals surface area contributed by atoms with Gasteiger partial charge in [0.2, 0.25) is 0 Å². The molecule has 3 aromatic rings. The summed E-state index contributed by atoms with van der Waals surface area (Å²) in [6.45, 7) is 0.767. The number of hydrogen-bond acceptors (Lipinski definition) is 3. The highest BCUT2D eigenvalue weighted by Gasteiger charge is 2.13. The molecular formula is C21H25N3O. The predicted molar refractivity (Wildman–Crippen MR) is 102 cm³/mol. The molecule has 4 heteroatoms. The van der Waals surface area contributed by atoms with Crippen molar-refractivity contribution in [1.82, 2.24) is 9.78 Å². The van der Waals surface area contributed by atoms with Crippen molar-refractivity contribution in [3.05, 3.63) is 54.2 Å². The molecule has 0 unspecified atom stereocenters. The van der Waals surface area contributed by atoms with Gasteiger partial charge in [-0.3, -0.25) is 4.68 Å². The van der Waals surface area contributed by atoms with Gasteiger partial charge in [0.15, 0.2) is 0 Å². The molecule has 0 bridgehead atoms. The fraction of sp³-hybridized carbons (Fsp3) is 0.381. The molecule has 0 radical (unpaired) electrons. The monoisotopic (exact) mass is 335 g/mol. The van der Waals surface area contributed by atoms with Gasteiger partial charge in [-0.1, -0.05) is 31.4 Å². The predicted octanol–water partition coefficient (Wildman–Crippen LogP) is 4.84. The van der Waals surface area contributed by atoms with Crippen molar-refractivity contribution in [2.24, 2.45) is 0 Å². The Hall–Kier alpha value is -2.49. The van der Waals surface area contributed by atoms with E-state index >= 15 is 0 Å². The number of benzene rings is 2. The van der Waals surface area contributed by atoms with Gasteiger partial charge in [-0.25, -0.2) is 0 Å². The first-order valence-electron chi connectivity index (χ1n) is 9.17. The number of fused-ring (bicyclic) bond motifs is 1. The van der Waals surface area contributed by atoms with Crippen molar-refractivity contribution >= 4 is 16.6 Å². The highest BCUT2D eigenvalue weighted by Crippen LogP contribution is 2.25. The Morgan fingerprint density at radius 3 is 2.64 bits per heavy atom. The van der Waals surface area contributed by atoms with E-state index in [1.807, 2.05) is 18.3 Å². The molecule has 130 valence electrons. The lowest BCUT2D eigenvalue weighted by Crippen LogP contribution is -2.22. The Morgan fingerprint density at radius 2 is 1.88 bits per heavy atom. The van der Waals surface area contributed by atoms with E-state index in [9.17, 15) is 0 Å². The van der Waals surface area contributed by atoms with Crippen LogP contribution >= 0.6 is 0 Å². The zero-order valence-corrected chi connectivity index (χ0v) is 14.7. The molecule has 1 saturated carbocycles. The lowest BCUT2D eigenvalue weighted by atomic mass is 9.95. The summed E-state index contributed by atoms with van der Waals surface area (Å²) in [6.07, 6.45) is 8.61. The second-order valence-corrected chi connectivity index (χ2v) is 6.90. The van der Waals surface area contributed by atoms with Gasteiger partial charge in [0.25, 0.3) is 0 Å². The smallest absolute Gasteiger partial charge is 0.118 e. The Labute approximate surface area is 148 Å². The summed E-state index contributed by atoms with van der Waals surface area (Å²) >= 11 is 0. The van der Waals surface area contributed by atoms with Crippen molar-refractivity contribution in [3.8, 4) is 5.75 Å². The molecule has 0 spiro atoms. The van der Waals surface area contributed by atoms with Crippen LogP contribution in [-0.2, 0) is 6.54 Å². The zero-order chi connectivity index (χ0) is 17.1. The first-order chi connectivity index (χ1) is 12.3. The van der Waals surface area contributed by atoms with Crippen LogP contribution in [0.5, 0.6) is 5.75 Å². The van der Waals surface area contributed by atoms with Gasteiger partial charge < -0.3 is 10.1 Å². The van der Waals surface area contributed by atoms with E-state index in [1.54, 1.807) is 7.11 Å². The van der Waals surface area contributed by atoms with Gasteiger partial charge in [0, 0.05) is 17.1 Å². The van der Waals surface area contributed by atoms with E-state index in [4.69, 9.17) is 4.74 Å². The van der Waals surface area contributed by atoms with Crippen molar-refractivity contribution in [2.75, 3.05) is 12.4 Å². The van der Waals surface area contributed by atoms with Crippen LogP contribution in [-0.4, -0.2) is 22.9 Å². The van der Waals surface area contributed by atoms with Gasteiger partial charge in [0.1, 0.15) is 5.75 Å². The largest absolute Gasteiger partial charge is 0.497 e. The van der Waals surface area contributed by atoms with Crippen LogP contribution in [0.4, 0.5) is 5.69 Å². The third-order valence-electron chi connectivity index (χ3n) is 5.11. The molecule has 2 aromatic carbocycles. The average molecular weight is 335 g/mol. The van der Waals surface area contributed by atoms with Crippen molar-refractivity contribution in [1.29, 1.82) is 0 Å². The summed E-state index contributed by atoms with van der Waals surface area (Å²) in [5, 5.41) is 9.46. The van der Waals surface area contributed by atoms with Crippen molar-refractivity contribution in [2.45, 2.75) is 44.7 Å². The second-order valence-electron chi connectivity index (χ2n) is 6.90. The van der Waals surface area contributed by atoms with E-state index < -0.39 is 0 Å². The van der Waals surface area contributed by atoms with Crippen molar-refractivity contribution < 1.29 is 4.74 Å². The molecule has 0 aliphatic heterocycles. The molecule has 1 aliphatic rings. The lowest BCUT2D eigenvalue weighted by Gasteiger charge is -2.23. The minimum Gasteiger partial charge on any atom is -0.497 e. The molecule has 1 N–H and O–H groups in total. The Bertz CT molecular complexity index is 832. The van der Waals surface area contributed by atoms with Gasteiger partial charge in [-0.05, 0) is 48.7 Å². The van der Waals surface area contributed by atoms with Crippen LogP contribution < -0.4 is 10.1 Å². The maximum Gasteiger partial charge on any atom is 0.118 e. The van der Waals surface area contributed by atoms with Crippen LogP contribution in [0, 0.1) is 0 Å². The minimum absolute atomic E-state index is 0.626. The van der Waals surface area contributed by atoms with Gasteiger partial charge in [-0.2, -0.15) is 5.10 Å². The molecule has 0 saturated heterocycles. The Kier molecular flexibility index (Phi) is 4.59. The summed E-state index contributed by atoms with van der Waals surface area (Å²) in [5.41, 5.74) is 3.60. The summed E-state index contributed by atoms with van der Waals surface area (Å²) in [6, 6.07) is 15.4. The molecule has 25 heavy (non-hydrogen) atoms. The van der Waals surface area contributed by atoms with Crippen molar-refractivity contribution in [3.63, 3.8) is 0 Å². The third-order valence-corrected chi connectivity index (χ3v) is 5.11. The molecule has 4 rings (SSSR count). The third kappa shape index (κ3) is 3.63. The molecule has 0 amide bonds. The molecule has 1 aliphatic carbocycles. The summed E-state index contributed by atoms with van der Waals surface area (Å²) in [5.74, 6) is 0.882. The lowest BCUT2D eigenvalue weighted by molar-refractivity contribution is 0.414. The van der Waals surface area contributed by atoms with Crippen LogP contribution in [0.2, 0.25) is 0 Å². The number of hydrogen-bond donors (Lipinski definition) is 1. The minimum atomic E-state index is 0.626. The molecule has 1 fully saturated rings. The van der Waals surface area contributed by atoms with E-state index in [0.29, 0.717) is 6.04 Å². The second kappa shape index (κ2) is 7.18. The fourth-order valence-corrected chi connectivity index (χ4v) is 3.69. The highest BCUT2D eigenvalue weighted by molar-refractivity contribution is 5.82. The van der Waals surface area contributed by atoms with E-state index in [1.165, 1.54) is 54.3 Å². The summed E-state index contributed by atoms with van der Waals surface area (Å²) < 4.78 is 7.28. The number of methoxy groups -OCH3 is 1. The first-order valence-corrected chi connectivity index (χ1v) is 9.17. The average Bonchev–Trinajstić information content (AvgIpc) is 3.05. The van der Waals surface area contributed by atoms with E-state index in [0.717, 1.165) is 12.3 Å². The summed E-state index contributed by atoms with van der Waals surface area (Å²) in [4.78, 5) is 0. The molecule has 1 heterocycles. The maximum atomic E-state index is 5.22. The topological polar surface area (TPSA) is 39.1 Å². The molecular weight excluding hydrogens is 310 g/mol. The number of nitrogens with one attached hydrogen (secondary N) is 1. The SMILES string of the molecule is COc1ccc(Cn2ncc3cc(NC4CCCCC4)ccc32)cc1. The van der Waals surface area contributed by atoms with Gasteiger partial charge in [-0.15, -0.1) is 0 Å². The van der Waals surface area contributed by atoms with Gasteiger partial charge >= 0.3 is 0 Å². The zero-order valence-electron chi connectivity index (χ0n) is 14.7. The van der Waals surface area contributed by atoms with Crippen LogP contribution in [0.25, 0.3) is 10.9 Å². The molecule has 1 aromatic heterocycles. The van der Waals surface area contributed by atoms with Gasteiger partial charge in [0.05, 0.1) is 25.4 Å². The standard InChI is InChI=1S/C21H25N3O/c1-25-20-10-7-16(8-11-20)15-24-21-12-9-19(13-17(21)14-22-24)23-18-5-3-2-4-6-18/h7-14,18,23H,2-6,15H2,1H3. The van der Waals surface area contributed by atoms with Crippen LogP contribution in [0.15, 0.2) is 48.7 Å². The number of nitrogens with zero attached hydrogens (tertiary/aromatic N) is 2. The summed E-state index contributed by atoms with van der Waals surface area (Å²) in [7, 11) is 1.69. The quantitative estimate of drug-likeness (QED) is 0.725. The number of anilines is 1. The Morgan fingerprint density at radius 1 is 1.08 bits per heavy atom. The maximum absolute atomic E-state index is 5.22. The first kappa shape index (κ1) is 16.0.